The van der Waals surface area contributed by atoms with Crippen molar-refractivity contribution >= 4 is 11.6 Å². The van der Waals surface area contributed by atoms with E-state index in [-0.39, 0.29) is 12.5 Å². The second-order valence-corrected chi connectivity index (χ2v) is 4.18. The molecule has 20 heavy (non-hydrogen) atoms. The molecule has 1 heterocycles. The molecule has 0 unspecified atom stereocenters. The van der Waals surface area contributed by atoms with E-state index < -0.39 is 0 Å². The number of aryl methyl sites for hydroxylation is 1. The summed E-state index contributed by atoms with van der Waals surface area (Å²) in [6, 6.07) is 7.34. The molecule has 0 fully saturated rings. The monoisotopic (exact) mass is 275 g/mol. The van der Waals surface area contributed by atoms with Crippen molar-refractivity contribution in [1.29, 1.82) is 0 Å². The lowest BCUT2D eigenvalue weighted by Gasteiger charge is -2.09. The zero-order valence-corrected chi connectivity index (χ0v) is 11.2. The molecule has 0 spiro atoms. The fraction of sp³-hybridized carbons (Fsp3) is 0.308. The van der Waals surface area contributed by atoms with Gasteiger partial charge in [0.25, 0.3) is 0 Å². The molecule has 2 aromatic rings. The lowest BCUT2D eigenvalue weighted by molar-refractivity contribution is -0.120. The van der Waals surface area contributed by atoms with E-state index in [1.54, 1.807) is 6.07 Å². The number of para-hydroxylation sites is 1. The molecule has 0 radical (unpaired) electrons. The Labute approximate surface area is 116 Å². The summed E-state index contributed by atoms with van der Waals surface area (Å²) in [5, 5.41) is 9.65. The molecule has 0 aliphatic heterocycles. The normalized spacial score (nSPS) is 10.5. The van der Waals surface area contributed by atoms with Crippen molar-refractivity contribution in [3.05, 3.63) is 30.1 Å². The summed E-state index contributed by atoms with van der Waals surface area (Å²) in [5.74, 6) is 1.02. The number of carbonyl (C=O) groups is 1. The zero-order valence-electron chi connectivity index (χ0n) is 11.2. The fourth-order valence-electron chi connectivity index (χ4n) is 1.68. The summed E-state index contributed by atoms with van der Waals surface area (Å²) in [7, 11) is 0. The molecule has 0 saturated carbocycles. The molecule has 0 atom stereocenters. The third kappa shape index (κ3) is 3.62. The number of aromatic nitrogens is 3. The maximum Gasteiger partial charge on any atom is 0.250 e. The van der Waals surface area contributed by atoms with Crippen LogP contribution in [0.2, 0.25) is 0 Å². The first-order chi connectivity index (χ1) is 9.70. The third-order valence-corrected chi connectivity index (χ3v) is 2.53. The average molecular weight is 275 g/mol. The lowest BCUT2D eigenvalue weighted by atomic mass is 10.1. The van der Waals surface area contributed by atoms with E-state index >= 15 is 0 Å². The van der Waals surface area contributed by atoms with Gasteiger partial charge in [-0.05, 0) is 19.1 Å². The minimum atomic E-state index is -0.238. The van der Waals surface area contributed by atoms with Crippen LogP contribution in [0.25, 0.3) is 11.4 Å². The number of carbonyl (C=O) groups excluding carboxylic acids is 1. The highest BCUT2D eigenvalue weighted by Gasteiger charge is 2.11. The first-order valence-electron chi connectivity index (χ1n) is 6.27. The number of anilines is 1. The third-order valence-electron chi connectivity index (χ3n) is 2.53. The van der Waals surface area contributed by atoms with Gasteiger partial charge in [-0.1, -0.05) is 12.1 Å². The van der Waals surface area contributed by atoms with Crippen LogP contribution >= 0.6 is 0 Å². The van der Waals surface area contributed by atoms with E-state index in [9.17, 15) is 4.79 Å². The molecule has 106 valence electrons. The van der Waals surface area contributed by atoms with Crippen LogP contribution < -0.4 is 11.1 Å². The minimum absolute atomic E-state index is 0.0292. The molecule has 0 aliphatic carbocycles. The number of hydrogen-bond donors (Lipinski definition) is 3. The Morgan fingerprint density at radius 2 is 2.25 bits per heavy atom. The van der Waals surface area contributed by atoms with E-state index in [1.165, 1.54) is 0 Å². The highest BCUT2D eigenvalue weighted by atomic mass is 16.5. The molecule has 7 nitrogen and oxygen atoms in total. The lowest BCUT2D eigenvalue weighted by Crippen LogP contribution is -2.21. The summed E-state index contributed by atoms with van der Waals surface area (Å²) in [4.78, 5) is 16.0. The van der Waals surface area contributed by atoms with Crippen LogP contribution in [0.15, 0.2) is 24.3 Å². The maximum absolute atomic E-state index is 11.8. The molecular formula is C13H17N5O2. The molecular weight excluding hydrogens is 258 g/mol. The van der Waals surface area contributed by atoms with Crippen molar-refractivity contribution in [3.8, 4) is 11.4 Å². The number of ether oxygens (including phenoxy) is 1. The number of hydrogen-bond acceptors (Lipinski definition) is 5. The molecule has 1 aromatic heterocycles. The molecule has 0 saturated heterocycles. The maximum atomic E-state index is 11.8. The van der Waals surface area contributed by atoms with Crippen molar-refractivity contribution in [2.24, 2.45) is 5.73 Å². The SMILES string of the molecule is Cc1nc(-c2ccccc2NC(=O)COCCN)n[nH]1. The van der Waals surface area contributed by atoms with Crippen LogP contribution in [0.4, 0.5) is 5.69 Å². The molecule has 4 N–H and O–H groups in total. The smallest absolute Gasteiger partial charge is 0.250 e. The Balaban J connectivity index is 2.10. The second kappa shape index (κ2) is 6.78. The number of aromatic amines is 1. The van der Waals surface area contributed by atoms with E-state index in [2.05, 4.69) is 20.5 Å². The number of nitrogens with one attached hydrogen (secondary N) is 2. The Morgan fingerprint density at radius 1 is 1.45 bits per heavy atom. The largest absolute Gasteiger partial charge is 0.370 e. The summed E-state index contributed by atoms with van der Waals surface area (Å²) in [6.07, 6.45) is 0. The summed E-state index contributed by atoms with van der Waals surface area (Å²) < 4.78 is 5.09. The Kier molecular flexibility index (Phi) is 4.80. The highest BCUT2D eigenvalue weighted by molar-refractivity contribution is 5.95. The van der Waals surface area contributed by atoms with Gasteiger partial charge in [-0.2, -0.15) is 5.10 Å². The number of rotatable bonds is 6. The standard InChI is InChI=1S/C13H17N5O2/c1-9-15-13(18-17-9)10-4-2-3-5-11(10)16-12(19)8-20-7-6-14/h2-5H,6-8,14H2,1H3,(H,16,19)(H,15,17,18). The van der Waals surface area contributed by atoms with Crippen LogP contribution in [0.5, 0.6) is 0 Å². The first kappa shape index (κ1) is 14.2. The minimum Gasteiger partial charge on any atom is -0.370 e. The van der Waals surface area contributed by atoms with Gasteiger partial charge in [-0.15, -0.1) is 0 Å². The second-order valence-electron chi connectivity index (χ2n) is 4.18. The van der Waals surface area contributed by atoms with Crippen molar-refractivity contribution in [1.82, 2.24) is 15.2 Å². The molecule has 0 aliphatic rings. The Hall–Kier alpha value is -2.25. The predicted octanol–water partition coefficient (Wildman–Crippen LogP) is 0.694. The molecule has 1 amide bonds. The van der Waals surface area contributed by atoms with Crippen LogP contribution in [0.1, 0.15) is 5.82 Å². The topological polar surface area (TPSA) is 106 Å². The van der Waals surface area contributed by atoms with Crippen LogP contribution in [0, 0.1) is 6.92 Å². The highest BCUT2D eigenvalue weighted by Crippen LogP contribution is 2.24. The zero-order chi connectivity index (χ0) is 14.4. The summed E-state index contributed by atoms with van der Waals surface area (Å²) >= 11 is 0. The van der Waals surface area contributed by atoms with Gasteiger partial charge >= 0.3 is 0 Å². The van der Waals surface area contributed by atoms with Gasteiger partial charge in [0.1, 0.15) is 12.4 Å². The van der Waals surface area contributed by atoms with Crippen molar-refractivity contribution < 1.29 is 9.53 Å². The number of nitrogens with zero attached hydrogens (tertiary/aromatic N) is 2. The molecule has 1 aromatic carbocycles. The molecule has 2 rings (SSSR count). The van der Waals surface area contributed by atoms with E-state index in [0.717, 1.165) is 5.56 Å². The van der Waals surface area contributed by atoms with Gasteiger partial charge in [-0.3, -0.25) is 9.89 Å². The molecule has 0 bridgehead atoms. The first-order valence-corrected chi connectivity index (χ1v) is 6.27. The number of benzene rings is 1. The quantitative estimate of drug-likeness (QED) is 0.673. The molecule has 7 heteroatoms. The summed E-state index contributed by atoms with van der Waals surface area (Å²) in [5.41, 5.74) is 6.69. The Morgan fingerprint density at radius 3 is 2.95 bits per heavy atom. The van der Waals surface area contributed by atoms with Crippen molar-refractivity contribution in [3.63, 3.8) is 0 Å². The Bertz CT molecular complexity index is 582. The van der Waals surface area contributed by atoms with Gasteiger partial charge in [0.15, 0.2) is 5.82 Å². The van der Waals surface area contributed by atoms with Gasteiger partial charge in [0.2, 0.25) is 5.91 Å². The van der Waals surface area contributed by atoms with Crippen LogP contribution in [0.3, 0.4) is 0 Å². The van der Waals surface area contributed by atoms with Crippen LogP contribution in [-0.2, 0) is 9.53 Å². The fourth-order valence-corrected chi connectivity index (χ4v) is 1.68. The van der Waals surface area contributed by atoms with Gasteiger partial charge in [0, 0.05) is 12.1 Å². The van der Waals surface area contributed by atoms with E-state index in [4.69, 9.17) is 10.5 Å². The number of H-pyrrole nitrogens is 1. The summed E-state index contributed by atoms with van der Waals surface area (Å²) in [6.45, 7) is 2.53. The number of nitrogens with two attached hydrogens (primary N) is 1. The van der Waals surface area contributed by atoms with Crippen molar-refractivity contribution in [2.75, 3.05) is 25.1 Å². The average Bonchev–Trinajstić information content (AvgIpc) is 2.86. The van der Waals surface area contributed by atoms with E-state index in [1.807, 2.05) is 25.1 Å². The van der Waals surface area contributed by atoms with Crippen molar-refractivity contribution in [2.45, 2.75) is 6.92 Å². The van der Waals surface area contributed by atoms with Gasteiger partial charge in [0.05, 0.1) is 12.3 Å². The predicted molar refractivity (Wildman–Crippen MR) is 75.1 cm³/mol. The number of amides is 1. The van der Waals surface area contributed by atoms with Gasteiger partial charge < -0.3 is 15.8 Å². The van der Waals surface area contributed by atoms with Gasteiger partial charge in [-0.25, -0.2) is 4.98 Å². The van der Waals surface area contributed by atoms with Crippen LogP contribution in [-0.4, -0.2) is 40.8 Å². The van der Waals surface area contributed by atoms with E-state index in [0.29, 0.717) is 30.5 Å².